The van der Waals surface area contributed by atoms with Gasteiger partial charge in [-0.05, 0) is 60.5 Å². The summed E-state index contributed by atoms with van der Waals surface area (Å²) in [5.41, 5.74) is 0.615. The Morgan fingerprint density at radius 1 is 1.22 bits per heavy atom. The van der Waals surface area contributed by atoms with E-state index >= 15 is 0 Å². The molecule has 0 aliphatic carbocycles. The third-order valence-electron chi connectivity index (χ3n) is 4.16. The number of carbonyl (C=O) groups is 1. The van der Waals surface area contributed by atoms with E-state index in [1.54, 1.807) is 11.3 Å². The molecule has 1 aliphatic rings. The summed E-state index contributed by atoms with van der Waals surface area (Å²) in [6.07, 6.45) is 2.27. The van der Waals surface area contributed by atoms with Gasteiger partial charge in [0.15, 0.2) is 0 Å². The number of benzene rings is 1. The molecule has 3 nitrogen and oxygen atoms in total. The molecule has 2 heterocycles. The van der Waals surface area contributed by atoms with E-state index in [4.69, 9.17) is 0 Å². The minimum atomic E-state index is -0.837. The lowest BCUT2D eigenvalue weighted by atomic mass is 10.1. The molecule has 1 saturated heterocycles. The van der Waals surface area contributed by atoms with Gasteiger partial charge >= 0.3 is 0 Å². The first kappa shape index (κ1) is 16.1. The summed E-state index contributed by atoms with van der Waals surface area (Å²) >= 11 is 1.60. The van der Waals surface area contributed by atoms with E-state index in [0.717, 1.165) is 43.6 Å². The smallest absolute Gasteiger partial charge is 0.257 e. The first-order valence-corrected chi connectivity index (χ1v) is 8.59. The molecule has 1 atom stereocenters. The molecule has 1 N–H and O–H groups in total. The van der Waals surface area contributed by atoms with Crippen molar-refractivity contribution in [2.24, 2.45) is 0 Å². The fourth-order valence-corrected chi connectivity index (χ4v) is 3.68. The van der Waals surface area contributed by atoms with E-state index < -0.39 is 23.1 Å². The SMILES string of the molecule is O=C(NC[C@@H](c1ccsc1)N1CCCC1)c1c(F)cccc1F. The first-order chi connectivity index (χ1) is 11.2. The van der Waals surface area contributed by atoms with Crippen molar-refractivity contribution in [1.29, 1.82) is 0 Å². The summed E-state index contributed by atoms with van der Waals surface area (Å²) < 4.78 is 27.4. The van der Waals surface area contributed by atoms with Gasteiger partial charge in [-0.1, -0.05) is 6.07 Å². The van der Waals surface area contributed by atoms with Gasteiger partial charge < -0.3 is 5.32 Å². The zero-order chi connectivity index (χ0) is 16.2. The Balaban J connectivity index is 1.72. The van der Waals surface area contributed by atoms with Gasteiger partial charge in [0.2, 0.25) is 0 Å². The van der Waals surface area contributed by atoms with E-state index in [1.807, 2.05) is 11.4 Å². The van der Waals surface area contributed by atoms with E-state index in [9.17, 15) is 13.6 Å². The summed E-state index contributed by atoms with van der Waals surface area (Å²) in [5, 5.41) is 6.74. The number of likely N-dealkylation sites (tertiary alicyclic amines) is 1. The van der Waals surface area contributed by atoms with Gasteiger partial charge in [-0.15, -0.1) is 0 Å². The highest BCUT2D eigenvalue weighted by Crippen LogP contribution is 2.26. The highest BCUT2D eigenvalue weighted by Gasteiger charge is 2.25. The molecular weight excluding hydrogens is 318 g/mol. The summed E-state index contributed by atoms with van der Waals surface area (Å²) in [7, 11) is 0. The van der Waals surface area contributed by atoms with Crippen LogP contribution < -0.4 is 5.32 Å². The Labute approximate surface area is 137 Å². The third kappa shape index (κ3) is 3.59. The molecule has 3 rings (SSSR count). The summed E-state index contributed by atoms with van der Waals surface area (Å²) in [6, 6.07) is 5.51. The van der Waals surface area contributed by atoms with Crippen molar-refractivity contribution < 1.29 is 13.6 Å². The number of rotatable bonds is 5. The number of nitrogens with zero attached hydrogens (tertiary/aromatic N) is 1. The zero-order valence-corrected chi connectivity index (χ0v) is 13.4. The Hall–Kier alpha value is -1.79. The molecule has 1 amide bonds. The molecule has 1 aromatic carbocycles. The normalized spacial score (nSPS) is 16.4. The predicted octanol–water partition coefficient (Wildman–Crippen LogP) is 3.59. The van der Waals surface area contributed by atoms with Gasteiger partial charge in [0.1, 0.15) is 17.2 Å². The van der Waals surface area contributed by atoms with Crippen LogP contribution in [0.5, 0.6) is 0 Å². The van der Waals surface area contributed by atoms with Crippen molar-refractivity contribution in [2.45, 2.75) is 18.9 Å². The van der Waals surface area contributed by atoms with Gasteiger partial charge in [-0.2, -0.15) is 11.3 Å². The van der Waals surface area contributed by atoms with Crippen LogP contribution >= 0.6 is 11.3 Å². The maximum atomic E-state index is 13.7. The van der Waals surface area contributed by atoms with Crippen LogP contribution in [0.1, 0.15) is 34.8 Å². The molecule has 1 fully saturated rings. The largest absolute Gasteiger partial charge is 0.350 e. The summed E-state index contributed by atoms with van der Waals surface area (Å²) in [6.45, 7) is 2.29. The van der Waals surface area contributed by atoms with Gasteiger partial charge in [-0.25, -0.2) is 8.78 Å². The molecule has 23 heavy (non-hydrogen) atoms. The van der Waals surface area contributed by atoms with Gasteiger partial charge in [0.25, 0.3) is 5.91 Å². The van der Waals surface area contributed by atoms with Gasteiger partial charge in [-0.3, -0.25) is 9.69 Å². The first-order valence-electron chi connectivity index (χ1n) is 7.65. The fraction of sp³-hybridized carbons (Fsp3) is 0.353. The predicted molar refractivity (Wildman–Crippen MR) is 86.6 cm³/mol. The molecule has 0 bridgehead atoms. The van der Waals surface area contributed by atoms with Crippen molar-refractivity contribution in [2.75, 3.05) is 19.6 Å². The second-order valence-corrected chi connectivity index (χ2v) is 6.40. The molecule has 6 heteroatoms. The quantitative estimate of drug-likeness (QED) is 0.905. The Kier molecular flexibility index (Phi) is 5.03. The van der Waals surface area contributed by atoms with Crippen molar-refractivity contribution in [1.82, 2.24) is 10.2 Å². The molecule has 2 aromatic rings. The lowest BCUT2D eigenvalue weighted by Crippen LogP contribution is -2.37. The maximum Gasteiger partial charge on any atom is 0.257 e. The maximum absolute atomic E-state index is 13.7. The topological polar surface area (TPSA) is 32.3 Å². The van der Waals surface area contributed by atoms with Crippen molar-refractivity contribution in [3.63, 3.8) is 0 Å². The highest BCUT2D eigenvalue weighted by atomic mass is 32.1. The van der Waals surface area contributed by atoms with Crippen molar-refractivity contribution >= 4 is 17.2 Å². The van der Waals surface area contributed by atoms with Gasteiger partial charge in [0.05, 0.1) is 6.04 Å². The van der Waals surface area contributed by atoms with E-state index in [0.29, 0.717) is 6.54 Å². The van der Waals surface area contributed by atoms with Crippen LogP contribution in [0.2, 0.25) is 0 Å². The van der Waals surface area contributed by atoms with Crippen molar-refractivity contribution in [3.8, 4) is 0 Å². The highest BCUT2D eigenvalue weighted by molar-refractivity contribution is 7.07. The number of thiophene rings is 1. The van der Waals surface area contributed by atoms with Crippen LogP contribution in [0.15, 0.2) is 35.0 Å². The van der Waals surface area contributed by atoms with Crippen LogP contribution in [0, 0.1) is 11.6 Å². The van der Waals surface area contributed by atoms with Crippen LogP contribution in [0.4, 0.5) is 8.78 Å². The molecule has 0 unspecified atom stereocenters. The van der Waals surface area contributed by atoms with Gasteiger partial charge in [0, 0.05) is 6.54 Å². The second kappa shape index (κ2) is 7.19. The van der Waals surface area contributed by atoms with Crippen LogP contribution in [0.3, 0.4) is 0 Å². The van der Waals surface area contributed by atoms with E-state index in [2.05, 4.69) is 15.6 Å². The molecule has 1 aliphatic heterocycles. The molecular formula is C17H18F2N2OS. The number of carbonyl (C=O) groups excluding carboxylic acids is 1. The molecule has 1 aromatic heterocycles. The molecule has 0 saturated carbocycles. The van der Waals surface area contributed by atoms with E-state index in [-0.39, 0.29) is 6.04 Å². The standard InChI is InChI=1S/C17H18F2N2OS/c18-13-4-3-5-14(19)16(13)17(22)20-10-15(12-6-9-23-11-12)21-7-1-2-8-21/h3-6,9,11,15H,1-2,7-8,10H2,(H,20,22)/t15-/m0/s1. The monoisotopic (exact) mass is 336 g/mol. The van der Waals surface area contributed by atoms with Crippen molar-refractivity contribution in [3.05, 3.63) is 57.8 Å². The molecule has 0 spiro atoms. The lowest BCUT2D eigenvalue weighted by Gasteiger charge is -2.27. The van der Waals surface area contributed by atoms with Crippen LogP contribution in [0.25, 0.3) is 0 Å². The third-order valence-corrected chi connectivity index (χ3v) is 4.86. The lowest BCUT2D eigenvalue weighted by molar-refractivity contribution is 0.0929. The minimum Gasteiger partial charge on any atom is -0.350 e. The average Bonchev–Trinajstić information content (AvgIpc) is 3.21. The van der Waals surface area contributed by atoms with E-state index in [1.165, 1.54) is 6.07 Å². The second-order valence-electron chi connectivity index (χ2n) is 5.62. The summed E-state index contributed by atoms with van der Waals surface area (Å²) in [5.74, 6) is -2.38. The fourth-order valence-electron chi connectivity index (χ4n) is 2.97. The Bertz CT molecular complexity index is 649. The Morgan fingerprint density at radius 2 is 1.91 bits per heavy atom. The van der Waals surface area contributed by atoms with Crippen LogP contribution in [-0.2, 0) is 0 Å². The number of hydrogen-bond donors (Lipinski definition) is 1. The number of nitrogens with one attached hydrogen (secondary N) is 1. The average molecular weight is 336 g/mol. The number of amides is 1. The molecule has 0 radical (unpaired) electrons. The van der Waals surface area contributed by atoms with Crippen LogP contribution in [-0.4, -0.2) is 30.4 Å². The Morgan fingerprint density at radius 3 is 2.52 bits per heavy atom. The zero-order valence-electron chi connectivity index (χ0n) is 12.6. The summed E-state index contributed by atoms with van der Waals surface area (Å²) in [4.78, 5) is 14.5. The molecule has 122 valence electrons. The number of halogens is 2. The number of hydrogen-bond acceptors (Lipinski definition) is 3. The minimum absolute atomic E-state index is 0.0440.